The van der Waals surface area contributed by atoms with Crippen molar-refractivity contribution in [3.63, 3.8) is 0 Å². The lowest BCUT2D eigenvalue weighted by atomic mass is 10.2. The lowest BCUT2D eigenvalue weighted by molar-refractivity contribution is 0.0692. The fourth-order valence-corrected chi connectivity index (χ4v) is 2.35. The second-order valence-corrected chi connectivity index (χ2v) is 5.01. The van der Waals surface area contributed by atoms with E-state index in [9.17, 15) is 4.79 Å². The average Bonchev–Trinajstić information content (AvgIpc) is 3.00. The molecule has 0 atom stereocenters. The molecule has 0 aromatic carbocycles. The number of carbonyl (C=O) groups is 1. The van der Waals surface area contributed by atoms with Crippen molar-refractivity contribution in [3.8, 4) is 0 Å². The smallest absolute Gasteiger partial charge is 0.276 e. The molecule has 0 bridgehead atoms. The molecule has 19 heavy (non-hydrogen) atoms. The number of fused-ring (bicyclic) bond motifs is 1. The highest BCUT2D eigenvalue weighted by Crippen LogP contribution is 2.40. The van der Waals surface area contributed by atoms with Crippen LogP contribution in [0, 0.1) is 0 Å². The summed E-state index contributed by atoms with van der Waals surface area (Å²) in [6, 6.07) is 1.78. The molecule has 2 aromatic heterocycles. The number of hydrogen-bond donors (Lipinski definition) is 0. The van der Waals surface area contributed by atoms with Gasteiger partial charge in [-0.3, -0.25) is 4.79 Å². The van der Waals surface area contributed by atoms with E-state index in [0.717, 1.165) is 24.4 Å². The highest BCUT2D eigenvalue weighted by molar-refractivity contribution is 5.92. The summed E-state index contributed by atoms with van der Waals surface area (Å²) in [5, 5.41) is 7.98. The predicted molar refractivity (Wildman–Crippen MR) is 63.2 cm³/mol. The molecule has 98 valence electrons. The van der Waals surface area contributed by atoms with Crippen LogP contribution in [0.3, 0.4) is 0 Å². The first-order valence-corrected chi connectivity index (χ1v) is 6.44. The molecular formula is C12H13N5O2. The van der Waals surface area contributed by atoms with Crippen LogP contribution in [0.4, 0.5) is 0 Å². The minimum absolute atomic E-state index is 0.0927. The van der Waals surface area contributed by atoms with Gasteiger partial charge in [-0.15, -0.1) is 0 Å². The second kappa shape index (κ2) is 3.91. The van der Waals surface area contributed by atoms with Gasteiger partial charge in [0.2, 0.25) is 0 Å². The molecule has 1 saturated carbocycles. The number of amides is 1. The third-order valence-corrected chi connectivity index (χ3v) is 3.62. The van der Waals surface area contributed by atoms with E-state index in [-0.39, 0.29) is 5.91 Å². The third-order valence-electron chi connectivity index (χ3n) is 3.62. The first-order valence-electron chi connectivity index (χ1n) is 6.44. The summed E-state index contributed by atoms with van der Waals surface area (Å²) in [6.45, 7) is 1.78. The van der Waals surface area contributed by atoms with Crippen LogP contribution in [-0.4, -0.2) is 37.3 Å². The van der Waals surface area contributed by atoms with Gasteiger partial charge in [0.05, 0.1) is 13.1 Å². The van der Waals surface area contributed by atoms with Gasteiger partial charge in [0.15, 0.2) is 5.69 Å². The zero-order chi connectivity index (χ0) is 12.8. The molecule has 1 aliphatic heterocycles. The Morgan fingerprint density at radius 3 is 3.11 bits per heavy atom. The predicted octanol–water partition coefficient (Wildman–Crippen LogP) is 0.800. The lowest BCUT2D eigenvalue weighted by Crippen LogP contribution is -2.38. The first kappa shape index (κ1) is 10.7. The van der Waals surface area contributed by atoms with E-state index in [0.29, 0.717) is 31.2 Å². The third kappa shape index (κ3) is 1.81. The summed E-state index contributed by atoms with van der Waals surface area (Å²) in [5.74, 6) is 2.03. The Hall–Kier alpha value is -2.18. The Kier molecular flexibility index (Phi) is 2.20. The molecule has 7 heteroatoms. The topological polar surface area (TPSA) is 77.0 Å². The number of rotatable bonds is 2. The maximum Gasteiger partial charge on any atom is 0.276 e. The van der Waals surface area contributed by atoms with Gasteiger partial charge in [0, 0.05) is 18.5 Å². The highest BCUT2D eigenvalue weighted by atomic mass is 16.5. The molecule has 0 unspecified atom stereocenters. The number of aromatic nitrogens is 4. The fourth-order valence-electron chi connectivity index (χ4n) is 2.35. The molecule has 1 fully saturated rings. The Morgan fingerprint density at radius 1 is 1.37 bits per heavy atom. The maximum atomic E-state index is 12.3. The second-order valence-electron chi connectivity index (χ2n) is 5.01. The molecule has 4 rings (SSSR count). The normalized spacial score (nSPS) is 18.4. The number of carbonyl (C=O) groups excluding carboxylic acids is 1. The summed E-state index contributed by atoms with van der Waals surface area (Å²) >= 11 is 0. The van der Waals surface area contributed by atoms with Gasteiger partial charge in [-0.25, -0.2) is 9.67 Å². The van der Waals surface area contributed by atoms with Crippen molar-refractivity contribution in [1.82, 2.24) is 24.8 Å². The van der Waals surface area contributed by atoms with Gasteiger partial charge in [-0.05, 0) is 12.8 Å². The zero-order valence-electron chi connectivity index (χ0n) is 10.3. The van der Waals surface area contributed by atoms with E-state index in [4.69, 9.17) is 4.52 Å². The molecule has 1 aliphatic carbocycles. The fraction of sp³-hybridized carbons (Fsp3) is 0.500. The molecular weight excluding hydrogens is 246 g/mol. The van der Waals surface area contributed by atoms with Crippen molar-refractivity contribution in [2.75, 3.05) is 6.54 Å². The Balaban J connectivity index is 1.54. The van der Waals surface area contributed by atoms with Gasteiger partial charge in [0.25, 0.3) is 5.91 Å². The van der Waals surface area contributed by atoms with Crippen LogP contribution < -0.4 is 0 Å². The van der Waals surface area contributed by atoms with E-state index in [2.05, 4.69) is 15.2 Å². The standard InChI is InChI=1S/C12H13N5O2/c18-12(9-5-10(19-15-9)8-1-2-8)16-3-4-17-11(6-16)13-7-14-17/h5,7-8H,1-4,6H2. The van der Waals surface area contributed by atoms with Crippen LogP contribution in [0.25, 0.3) is 0 Å². The van der Waals surface area contributed by atoms with E-state index in [1.165, 1.54) is 6.33 Å². The summed E-state index contributed by atoms with van der Waals surface area (Å²) in [5.41, 5.74) is 0.398. The molecule has 0 saturated heterocycles. The maximum absolute atomic E-state index is 12.3. The number of nitrogens with zero attached hydrogens (tertiary/aromatic N) is 5. The van der Waals surface area contributed by atoms with E-state index in [1.54, 1.807) is 11.0 Å². The molecule has 1 amide bonds. The lowest BCUT2D eigenvalue weighted by Gasteiger charge is -2.25. The quantitative estimate of drug-likeness (QED) is 0.797. The van der Waals surface area contributed by atoms with E-state index < -0.39 is 0 Å². The molecule has 7 nitrogen and oxygen atoms in total. The van der Waals surface area contributed by atoms with Crippen LogP contribution in [0.15, 0.2) is 16.9 Å². The molecule has 2 aliphatic rings. The monoisotopic (exact) mass is 259 g/mol. The summed E-state index contributed by atoms with van der Waals surface area (Å²) < 4.78 is 7.05. The van der Waals surface area contributed by atoms with Crippen molar-refractivity contribution in [2.24, 2.45) is 0 Å². The van der Waals surface area contributed by atoms with Crippen LogP contribution in [-0.2, 0) is 13.1 Å². The Labute approximate surface area is 109 Å². The molecule has 0 radical (unpaired) electrons. The van der Waals surface area contributed by atoms with Gasteiger partial charge in [-0.2, -0.15) is 5.10 Å². The summed E-state index contributed by atoms with van der Waals surface area (Å²) in [4.78, 5) is 18.2. The van der Waals surface area contributed by atoms with E-state index >= 15 is 0 Å². The largest absolute Gasteiger partial charge is 0.360 e. The SMILES string of the molecule is O=C(c1cc(C2CC2)on1)N1CCn2ncnc2C1. The van der Waals surface area contributed by atoms with Gasteiger partial charge < -0.3 is 9.42 Å². The zero-order valence-corrected chi connectivity index (χ0v) is 10.3. The summed E-state index contributed by atoms with van der Waals surface area (Å²) in [6.07, 6.45) is 3.79. The van der Waals surface area contributed by atoms with Crippen molar-refractivity contribution >= 4 is 5.91 Å². The molecule has 2 aromatic rings. The average molecular weight is 259 g/mol. The Bertz CT molecular complexity index is 628. The molecule has 0 N–H and O–H groups in total. The minimum Gasteiger partial charge on any atom is -0.360 e. The van der Waals surface area contributed by atoms with Crippen molar-refractivity contribution < 1.29 is 9.32 Å². The first-order chi connectivity index (χ1) is 9.31. The van der Waals surface area contributed by atoms with Crippen LogP contribution in [0.2, 0.25) is 0 Å². The number of hydrogen-bond acceptors (Lipinski definition) is 5. The molecule has 3 heterocycles. The summed E-state index contributed by atoms with van der Waals surface area (Å²) in [7, 11) is 0. The van der Waals surface area contributed by atoms with Gasteiger partial charge in [0.1, 0.15) is 17.9 Å². The van der Waals surface area contributed by atoms with E-state index in [1.807, 2.05) is 4.68 Å². The van der Waals surface area contributed by atoms with Gasteiger partial charge in [-0.1, -0.05) is 5.16 Å². The van der Waals surface area contributed by atoms with Gasteiger partial charge >= 0.3 is 0 Å². The molecule has 0 spiro atoms. The minimum atomic E-state index is -0.0927. The van der Waals surface area contributed by atoms with Crippen molar-refractivity contribution in [3.05, 3.63) is 29.7 Å². The van der Waals surface area contributed by atoms with Crippen LogP contribution >= 0.6 is 0 Å². The highest BCUT2D eigenvalue weighted by Gasteiger charge is 2.30. The van der Waals surface area contributed by atoms with Crippen molar-refractivity contribution in [1.29, 1.82) is 0 Å². The van der Waals surface area contributed by atoms with Crippen LogP contribution in [0.5, 0.6) is 0 Å². The Morgan fingerprint density at radius 2 is 2.26 bits per heavy atom. The van der Waals surface area contributed by atoms with Crippen molar-refractivity contribution in [2.45, 2.75) is 31.8 Å². The van der Waals surface area contributed by atoms with Crippen LogP contribution in [0.1, 0.15) is 40.8 Å².